The highest BCUT2D eigenvalue weighted by Crippen LogP contribution is 1.99. The Morgan fingerprint density at radius 2 is 1.78 bits per heavy atom. The van der Waals surface area contributed by atoms with E-state index in [9.17, 15) is 4.79 Å². The van der Waals surface area contributed by atoms with Gasteiger partial charge in [-0.05, 0) is 25.8 Å². The monoisotopic (exact) mass is 251 g/mol. The van der Waals surface area contributed by atoms with E-state index in [1.54, 1.807) is 0 Å². The molecule has 0 saturated heterocycles. The summed E-state index contributed by atoms with van der Waals surface area (Å²) in [5.74, 6) is -0.213. The third-order valence-electron chi connectivity index (χ3n) is 2.41. The van der Waals surface area contributed by atoms with E-state index in [2.05, 4.69) is 5.32 Å². The van der Waals surface area contributed by atoms with E-state index >= 15 is 0 Å². The fourth-order valence-corrected chi connectivity index (χ4v) is 1.56. The van der Waals surface area contributed by atoms with Crippen molar-refractivity contribution < 1.29 is 14.3 Å². The summed E-state index contributed by atoms with van der Waals surface area (Å²) >= 11 is 0. The number of benzene rings is 1. The third kappa shape index (κ3) is 5.29. The Labute approximate surface area is 108 Å². The molecule has 100 valence electrons. The first-order chi connectivity index (χ1) is 8.77. The summed E-state index contributed by atoms with van der Waals surface area (Å²) in [5.41, 5.74) is 1.20. The van der Waals surface area contributed by atoms with E-state index in [1.165, 1.54) is 5.56 Å². The Morgan fingerprint density at radius 1 is 1.17 bits per heavy atom. The molecular formula is C14H21NO3. The molecule has 0 radical (unpaired) electrons. The van der Waals surface area contributed by atoms with Crippen LogP contribution in [0.3, 0.4) is 0 Å². The second kappa shape index (κ2) is 8.66. The van der Waals surface area contributed by atoms with E-state index in [4.69, 9.17) is 9.47 Å². The van der Waals surface area contributed by atoms with Crippen molar-refractivity contribution in [1.82, 2.24) is 5.32 Å². The van der Waals surface area contributed by atoms with Crippen LogP contribution in [0.25, 0.3) is 0 Å². The van der Waals surface area contributed by atoms with Crippen LogP contribution in [0.4, 0.5) is 0 Å². The molecule has 1 N–H and O–H groups in total. The zero-order valence-electron chi connectivity index (χ0n) is 11.0. The van der Waals surface area contributed by atoms with Crippen LogP contribution < -0.4 is 5.32 Å². The molecule has 0 spiro atoms. The fourth-order valence-electron chi connectivity index (χ4n) is 1.56. The second-order valence-electron chi connectivity index (χ2n) is 3.77. The minimum Gasteiger partial charge on any atom is -0.351 e. The van der Waals surface area contributed by atoms with Gasteiger partial charge in [0.05, 0.1) is 0 Å². The number of carbonyl (C=O) groups excluding carboxylic acids is 1. The molecule has 4 nitrogen and oxygen atoms in total. The van der Waals surface area contributed by atoms with Gasteiger partial charge in [0.15, 0.2) is 0 Å². The van der Waals surface area contributed by atoms with Gasteiger partial charge in [-0.25, -0.2) is 0 Å². The number of carbonyl (C=O) groups is 1. The number of rotatable bonds is 8. The molecule has 0 atom stereocenters. The van der Waals surface area contributed by atoms with E-state index < -0.39 is 6.29 Å². The summed E-state index contributed by atoms with van der Waals surface area (Å²) in [7, 11) is 0. The van der Waals surface area contributed by atoms with Gasteiger partial charge >= 0.3 is 0 Å². The van der Waals surface area contributed by atoms with Crippen molar-refractivity contribution in [1.29, 1.82) is 0 Å². The predicted octanol–water partition coefficient (Wildman–Crippen LogP) is 1.74. The molecule has 0 fully saturated rings. The van der Waals surface area contributed by atoms with Gasteiger partial charge in [-0.15, -0.1) is 0 Å². The zero-order chi connectivity index (χ0) is 13.2. The van der Waals surface area contributed by atoms with Crippen molar-refractivity contribution >= 4 is 5.91 Å². The summed E-state index contributed by atoms with van der Waals surface area (Å²) in [6.07, 6.45) is 0.00754. The van der Waals surface area contributed by atoms with Crippen molar-refractivity contribution in [2.24, 2.45) is 0 Å². The lowest BCUT2D eigenvalue weighted by Gasteiger charge is -2.16. The first-order valence-electron chi connectivity index (χ1n) is 6.32. The summed E-state index contributed by atoms with van der Waals surface area (Å²) in [5, 5.41) is 2.81. The van der Waals surface area contributed by atoms with E-state index in [-0.39, 0.29) is 5.91 Å². The maximum atomic E-state index is 11.8. The largest absolute Gasteiger partial charge is 0.351 e. The Hall–Kier alpha value is -1.39. The van der Waals surface area contributed by atoms with Crippen LogP contribution in [0.2, 0.25) is 0 Å². The van der Waals surface area contributed by atoms with Gasteiger partial charge in [0.1, 0.15) is 0 Å². The Bertz CT molecular complexity index is 334. The van der Waals surface area contributed by atoms with Crippen molar-refractivity contribution in [3.8, 4) is 0 Å². The van der Waals surface area contributed by atoms with Crippen LogP contribution in [0.1, 0.15) is 19.4 Å². The number of nitrogens with one attached hydrogen (secondary N) is 1. The Morgan fingerprint density at radius 3 is 2.33 bits per heavy atom. The molecule has 0 unspecified atom stereocenters. The minimum absolute atomic E-state index is 0.213. The van der Waals surface area contributed by atoms with E-state index in [1.807, 2.05) is 44.2 Å². The molecule has 0 heterocycles. The standard InChI is InChI=1S/C14H21NO3/c1-3-17-14(18-4-2)13(16)15-11-10-12-8-6-5-7-9-12/h5-9,14H,3-4,10-11H2,1-2H3,(H,15,16). The summed E-state index contributed by atoms with van der Waals surface area (Å²) in [4.78, 5) is 11.8. The fraction of sp³-hybridized carbons (Fsp3) is 0.500. The molecule has 0 bridgehead atoms. The van der Waals surface area contributed by atoms with Gasteiger partial charge in [0, 0.05) is 19.8 Å². The van der Waals surface area contributed by atoms with Crippen LogP contribution in [0.15, 0.2) is 30.3 Å². The highest BCUT2D eigenvalue weighted by atomic mass is 16.7. The molecule has 18 heavy (non-hydrogen) atoms. The molecule has 0 aliphatic carbocycles. The average molecular weight is 251 g/mol. The van der Waals surface area contributed by atoms with Crippen LogP contribution in [0.5, 0.6) is 0 Å². The second-order valence-corrected chi connectivity index (χ2v) is 3.77. The Kier molecular flexibility index (Phi) is 7.06. The van der Waals surface area contributed by atoms with E-state index in [0.717, 1.165) is 6.42 Å². The average Bonchev–Trinajstić information content (AvgIpc) is 2.39. The van der Waals surface area contributed by atoms with Crippen molar-refractivity contribution in [3.05, 3.63) is 35.9 Å². The number of amides is 1. The first kappa shape index (κ1) is 14.7. The minimum atomic E-state index is -0.796. The predicted molar refractivity (Wildman–Crippen MR) is 70.2 cm³/mol. The first-order valence-corrected chi connectivity index (χ1v) is 6.32. The van der Waals surface area contributed by atoms with Crippen molar-refractivity contribution in [2.75, 3.05) is 19.8 Å². The van der Waals surface area contributed by atoms with Crippen LogP contribution in [-0.4, -0.2) is 32.0 Å². The topological polar surface area (TPSA) is 47.6 Å². The smallest absolute Gasteiger partial charge is 0.277 e. The normalized spacial score (nSPS) is 10.6. The van der Waals surface area contributed by atoms with Crippen LogP contribution in [-0.2, 0) is 20.7 Å². The van der Waals surface area contributed by atoms with Crippen LogP contribution >= 0.6 is 0 Å². The summed E-state index contributed by atoms with van der Waals surface area (Å²) < 4.78 is 10.4. The Balaban J connectivity index is 2.30. The van der Waals surface area contributed by atoms with Crippen molar-refractivity contribution in [2.45, 2.75) is 26.6 Å². The molecule has 1 aromatic rings. The van der Waals surface area contributed by atoms with Gasteiger partial charge in [0.2, 0.25) is 6.29 Å². The number of hydrogen-bond donors (Lipinski definition) is 1. The van der Waals surface area contributed by atoms with Crippen LogP contribution in [0, 0.1) is 0 Å². The third-order valence-corrected chi connectivity index (χ3v) is 2.41. The SMILES string of the molecule is CCOC(OCC)C(=O)NCCc1ccccc1. The quantitative estimate of drug-likeness (QED) is 0.716. The van der Waals surface area contributed by atoms with Gasteiger partial charge in [-0.1, -0.05) is 30.3 Å². The lowest BCUT2D eigenvalue weighted by atomic mass is 10.1. The number of hydrogen-bond acceptors (Lipinski definition) is 3. The maximum absolute atomic E-state index is 11.8. The molecule has 1 amide bonds. The maximum Gasteiger partial charge on any atom is 0.277 e. The highest BCUT2D eigenvalue weighted by Gasteiger charge is 2.17. The molecule has 1 aromatic carbocycles. The van der Waals surface area contributed by atoms with Gasteiger partial charge in [-0.3, -0.25) is 4.79 Å². The highest BCUT2D eigenvalue weighted by molar-refractivity contribution is 5.79. The molecular weight excluding hydrogens is 230 g/mol. The summed E-state index contributed by atoms with van der Waals surface area (Å²) in [6, 6.07) is 10.0. The van der Waals surface area contributed by atoms with Gasteiger partial charge in [0.25, 0.3) is 5.91 Å². The molecule has 0 aliphatic heterocycles. The lowest BCUT2D eigenvalue weighted by Crippen LogP contribution is -2.39. The van der Waals surface area contributed by atoms with Gasteiger partial charge in [-0.2, -0.15) is 0 Å². The number of ether oxygens (including phenoxy) is 2. The lowest BCUT2D eigenvalue weighted by molar-refractivity contribution is -0.170. The molecule has 1 rings (SSSR count). The van der Waals surface area contributed by atoms with Crippen molar-refractivity contribution in [3.63, 3.8) is 0 Å². The summed E-state index contributed by atoms with van der Waals surface area (Å²) in [6.45, 7) is 5.17. The van der Waals surface area contributed by atoms with E-state index in [0.29, 0.717) is 19.8 Å². The molecule has 0 aromatic heterocycles. The molecule has 0 aliphatic rings. The van der Waals surface area contributed by atoms with Gasteiger partial charge < -0.3 is 14.8 Å². The molecule has 4 heteroatoms. The molecule has 0 saturated carbocycles. The zero-order valence-corrected chi connectivity index (χ0v) is 11.0.